The number of benzene rings is 1. The predicted molar refractivity (Wildman–Crippen MR) is 85.3 cm³/mol. The smallest absolute Gasteiger partial charge is 0.307 e. The molecule has 3 heteroatoms. The molecule has 116 valence electrons. The van der Waals surface area contributed by atoms with Crippen LogP contribution in [0.3, 0.4) is 0 Å². The van der Waals surface area contributed by atoms with Crippen LogP contribution in [-0.2, 0) is 16.1 Å². The standard InChI is InChI=1S/C18H27NO2/c1-13-9-14(2)17(15(3)10-13)12-19-8-6-5-7-16(19)11-18(20)21-4/h9-10,16H,5-8,11-12H2,1-4H3. The van der Waals surface area contributed by atoms with Crippen molar-refractivity contribution in [3.63, 3.8) is 0 Å². The molecular formula is C18H27NO2. The number of rotatable bonds is 4. The Bertz CT molecular complexity index is 487. The average Bonchev–Trinajstić information content (AvgIpc) is 2.44. The third-order valence-electron chi connectivity index (χ3n) is 4.58. The van der Waals surface area contributed by atoms with E-state index in [0.29, 0.717) is 12.5 Å². The number of nitrogens with zero attached hydrogens (tertiary/aromatic N) is 1. The van der Waals surface area contributed by atoms with E-state index in [1.54, 1.807) is 0 Å². The molecular weight excluding hydrogens is 262 g/mol. The second-order valence-corrected chi connectivity index (χ2v) is 6.28. The number of ether oxygens (including phenoxy) is 1. The third kappa shape index (κ3) is 4.07. The zero-order chi connectivity index (χ0) is 15.4. The molecule has 0 radical (unpaired) electrons. The Balaban J connectivity index is 2.14. The van der Waals surface area contributed by atoms with Gasteiger partial charge in [-0.3, -0.25) is 9.69 Å². The minimum atomic E-state index is -0.0933. The Kier molecular flexibility index (Phi) is 5.40. The lowest BCUT2D eigenvalue weighted by Crippen LogP contribution is -2.40. The molecule has 0 N–H and O–H groups in total. The van der Waals surface area contributed by atoms with Gasteiger partial charge in [0.05, 0.1) is 13.5 Å². The van der Waals surface area contributed by atoms with Crippen LogP contribution in [0.15, 0.2) is 12.1 Å². The summed E-state index contributed by atoms with van der Waals surface area (Å²) < 4.78 is 4.85. The van der Waals surface area contributed by atoms with Gasteiger partial charge in [0.2, 0.25) is 0 Å². The number of esters is 1. The van der Waals surface area contributed by atoms with E-state index in [1.165, 1.54) is 42.2 Å². The first-order valence-electron chi connectivity index (χ1n) is 7.89. The van der Waals surface area contributed by atoms with Gasteiger partial charge in [-0.15, -0.1) is 0 Å². The average molecular weight is 289 g/mol. The van der Waals surface area contributed by atoms with Crippen molar-refractivity contribution in [2.75, 3.05) is 13.7 Å². The van der Waals surface area contributed by atoms with E-state index in [0.717, 1.165) is 19.5 Å². The fraction of sp³-hybridized carbons (Fsp3) is 0.611. The van der Waals surface area contributed by atoms with Crippen molar-refractivity contribution in [1.82, 2.24) is 4.90 Å². The van der Waals surface area contributed by atoms with Crippen LogP contribution in [0, 0.1) is 20.8 Å². The first kappa shape index (κ1) is 16.0. The molecule has 1 aliphatic heterocycles. The highest BCUT2D eigenvalue weighted by molar-refractivity contribution is 5.69. The first-order valence-corrected chi connectivity index (χ1v) is 7.89. The molecule has 1 unspecified atom stereocenters. The molecule has 3 nitrogen and oxygen atoms in total. The van der Waals surface area contributed by atoms with Crippen LogP contribution in [0.4, 0.5) is 0 Å². The van der Waals surface area contributed by atoms with Crippen molar-refractivity contribution >= 4 is 5.97 Å². The van der Waals surface area contributed by atoms with E-state index < -0.39 is 0 Å². The lowest BCUT2D eigenvalue weighted by atomic mass is 9.95. The van der Waals surface area contributed by atoms with Crippen molar-refractivity contribution in [3.05, 3.63) is 34.4 Å². The number of piperidine rings is 1. The summed E-state index contributed by atoms with van der Waals surface area (Å²) in [5, 5.41) is 0. The lowest BCUT2D eigenvalue weighted by molar-refractivity contribution is -0.142. The molecule has 2 rings (SSSR count). The van der Waals surface area contributed by atoms with Crippen LogP contribution in [0.1, 0.15) is 47.9 Å². The highest BCUT2D eigenvalue weighted by atomic mass is 16.5. The number of hydrogen-bond acceptors (Lipinski definition) is 3. The van der Waals surface area contributed by atoms with Crippen LogP contribution >= 0.6 is 0 Å². The Hall–Kier alpha value is -1.35. The maximum absolute atomic E-state index is 11.6. The summed E-state index contributed by atoms with van der Waals surface area (Å²) >= 11 is 0. The van der Waals surface area contributed by atoms with E-state index in [9.17, 15) is 4.79 Å². The third-order valence-corrected chi connectivity index (χ3v) is 4.58. The fourth-order valence-corrected chi connectivity index (χ4v) is 3.44. The Labute approximate surface area is 128 Å². The van der Waals surface area contributed by atoms with Gasteiger partial charge in [-0.2, -0.15) is 0 Å². The largest absolute Gasteiger partial charge is 0.469 e. The molecule has 21 heavy (non-hydrogen) atoms. The topological polar surface area (TPSA) is 29.5 Å². The van der Waals surface area contributed by atoms with Crippen molar-refractivity contribution in [2.24, 2.45) is 0 Å². The van der Waals surface area contributed by atoms with Crippen molar-refractivity contribution < 1.29 is 9.53 Å². The van der Waals surface area contributed by atoms with Crippen molar-refractivity contribution in [1.29, 1.82) is 0 Å². The summed E-state index contributed by atoms with van der Waals surface area (Å²) in [5.74, 6) is -0.0933. The SMILES string of the molecule is COC(=O)CC1CCCCN1Cc1c(C)cc(C)cc1C. The molecule has 1 aliphatic rings. The van der Waals surface area contributed by atoms with E-state index in [2.05, 4.69) is 37.8 Å². The number of carbonyl (C=O) groups excluding carboxylic acids is 1. The Morgan fingerprint density at radius 1 is 1.24 bits per heavy atom. The fourth-order valence-electron chi connectivity index (χ4n) is 3.44. The molecule has 1 saturated heterocycles. The second-order valence-electron chi connectivity index (χ2n) is 6.28. The molecule has 0 spiro atoms. The molecule has 1 aromatic carbocycles. The number of methoxy groups -OCH3 is 1. The van der Waals surface area contributed by atoms with Crippen LogP contribution in [-0.4, -0.2) is 30.6 Å². The quantitative estimate of drug-likeness (QED) is 0.794. The normalized spacial score (nSPS) is 19.5. The molecule has 1 heterocycles. The van der Waals surface area contributed by atoms with Gasteiger partial charge in [0, 0.05) is 12.6 Å². The molecule has 0 aliphatic carbocycles. The Morgan fingerprint density at radius 2 is 1.90 bits per heavy atom. The minimum Gasteiger partial charge on any atom is -0.469 e. The summed E-state index contributed by atoms with van der Waals surface area (Å²) in [6.45, 7) is 8.54. The van der Waals surface area contributed by atoms with Gasteiger partial charge in [0.25, 0.3) is 0 Å². The second kappa shape index (κ2) is 7.08. The highest BCUT2D eigenvalue weighted by Crippen LogP contribution is 2.25. The van der Waals surface area contributed by atoms with Gasteiger partial charge in [-0.05, 0) is 56.8 Å². The molecule has 1 atom stereocenters. The van der Waals surface area contributed by atoms with Crippen LogP contribution < -0.4 is 0 Å². The summed E-state index contributed by atoms with van der Waals surface area (Å²) in [4.78, 5) is 14.1. The van der Waals surface area contributed by atoms with Gasteiger partial charge in [0.1, 0.15) is 0 Å². The first-order chi connectivity index (χ1) is 10.0. The maximum Gasteiger partial charge on any atom is 0.307 e. The van der Waals surface area contributed by atoms with Gasteiger partial charge >= 0.3 is 5.97 Å². The lowest BCUT2D eigenvalue weighted by Gasteiger charge is -2.36. The molecule has 1 fully saturated rings. The zero-order valence-corrected chi connectivity index (χ0v) is 13.7. The van der Waals surface area contributed by atoms with Crippen LogP contribution in [0.25, 0.3) is 0 Å². The van der Waals surface area contributed by atoms with Gasteiger partial charge in [-0.25, -0.2) is 0 Å². The van der Waals surface area contributed by atoms with Crippen molar-refractivity contribution in [2.45, 2.75) is 59.0 Å². The monoisotopic (exact) mass is 289 g/mol. The van der Waals surface area contributed by atoms with Crippen LogP contribution in [0.2, 0.25) is 0 Å². The zero-order valence-electron chi connectivity index (χ0n) is 13.7. The van der Waals surface area contributed by atoms with E-state index >= 15 is 0 Å². The van der Waals surface area contributed by atoms with Crippen molar-refractivity contribution in [3.8, 4) is 0 Å². The maximum atomic E-state index is 11.6. The number of hydrogen-bond donors (Lipinski definition) is 0. The summed E-state index contributed by atoms with van der Waals surface area (Å²) in [7, 11) is 1.48. The van der Waals surface area contributed by atoms with Gasteiger partial charge < -0.3 is 4.74 Å². The van der Waals surface area contributed by atoms with Crippen LogP contribution in [0.5, 0.6) is 0 Å². The summed E-state index contributed by atoms with van der Waals surface area (Å²) in [6, 6.07) is 4.83. The predicted octanol–water partition coefficient (Wildman–Crippen LogP) is 3.53. The van der Waals surface area contributed by atoms with E-state index in [-0.39, 0.29) is 5.97 Å². The Morgan fingerprint density at radius 3 is 2.52 bits per heavy atom. The molecule has 0 amide bonds. The number of aryl methyl sites for hydroxylation is 3. The molecule has 0 saturated carbocycles. The number of likely N-dealkylation sites (tertiary alicyclic amines) is 1. The van der Waals surface area contributed by atoms with Gasteiger partial charge in [0.15, 0.2) is 0 Å². The number of carbonyl (C=O) groups is 1. The molecule has 0 aromatic heterocycles. The van der Waals surface area contributed by atoms with Gasteiger partial charge in [-0.1, -0.05) is 24.1 Å². The minimum absolute atomic E-state index is 0.0933. The summed E-state index contributed by atoms with van der Waals surface area (Å²) in [6.07, 6.45) is 4.05. The van der Waals surface area contributed by atoms with E-state index in [1.807, 2.05) is 0 Å². The molecule has 0 bridgehead atoms. The van der Waals surface area contributed by atoms with E-state index in [4.69, 9.17) is 4.74 Å². The highest BCUT2D eigenvalue weighted by Gasteiger charge is 2.25. The summed E-state index contributed by atoms with van der Waals surface area (Å²) in [5.41, 5.74) is 5.45. The molecule has 1 aromatic rings.